The zero-order valence-electron chi connectivity index (χ0n) is 59.3. The van der Waals surface area contributed by atoms with Crippen LogP contribution >= 0.6 is 0 Å². The van der Waals surface area contributed by atoms with Crippen LogP contribution in [0.1, 0.15) is 44.5 Å². The molecule has 8 heteroatoms. The molecule has 2 aromatic heterocycles. The smallest absolute Gasteiger partial charge is 0.164 e. The molecule has 16 aromatic carbocycles. The summed E-state index contributed by atoms with van der Waals surface area (Å²) < 4.78 is 14.4. The summed E-state index contributed by atoms with van der Waals surface area (Å²) in [6.45, 7) is 0. The van der Waals surface area contributed by atoms with E-state index in [1.54, 1.807) is 0 Å². The van der Waals surface area contributed by atoms with Crippen LogP contribution in [-0.2, 0) is 10.8 Å². The Morgan fingerprint density at radius 2 is 0.445 bits per heavy atom. The van der Waals surface area contributed by atoms with Crippen LogP contribution in [0.15, 0.2) is 376 Å². The molecule has 4 aliphatic rings. The first-order valence-corrected chi connectivity index (χ1v) is 37.3. The second-order valence-electron chi connectivity index (χ2n) is 28.7. The number of para-hydroxylation sites is 1. The predicted molar refractivity (Wildman–Crippen MR) is 440 cm³/mol. The van der Waals surface area contributed by atoms with Crippen molar-refractivity contribution in [1.29, 1.82) is 0 Å². The zero-order valence-corrected chi connectivity index (χ0v) is 59.3. The first-order valence-electron chi connectivity index (χ1n) is 37.3. The number of benzene rings is 16. The van der Waals surface area contributed by atoms with Gasteiger partial charge in [0.25, 0.3) is 0 Å². The minimum Gasteiger partial charge on any atom is -0.457 e. The Kier molecular flexibility index (Phi) is 14.3. The molecule has 512 valence electrons. The molecular weight excluding hydrogens is 1340 g/mol. The van der Waals surface area contributed by atoms with Crippen molar-refractivity contribution in [1.82, 2.24) is 29.9 Å². The monoisotopic (exact) mass is 1400 g/mol. The molecule has 0 saturated carbocycles. The van der Waals surface area contributed by atoms with Gasteiger partial charge < -0.3 is 9.47 Å². The van der Waals surface area contributed by atoms with Gasteiger partial charge in [-0.1, -0.05) is 328 Å². The summed E-state index contributed by atoms with van der Waals surface area (Å²) in [5, 5.41) is 2.27. The van der Waals surface area contributed by atoms with Crippen LogP contribution in [0.2, 0.25) is 0 Å². The molecule has 2 spiro atoms. The van der Waals surface area contributed by atoms with Gasteiger partial charge in [0.1, 0.15) is 23.0 Å². The average molecular weight is 1400 g/mol. The van der Waals surface area contributed by atoms with E-state index in [1.807, 2.05) is 36.4 Å². The molecule has 2 aliphatic carbocycles. The maximum absolute atomic E-state index is 7.44. The highest BCUT2D eigenvalue weighted by atomic mass is 16.5. The Morgan fingerprint density at radius 1 is 0.155 bits per heavy atom. The molecule has 0 amide bonds. The largest absolute Gasteiger partial charge is 0.457 e. The third-order valence-electron chi connectivity index (χ3n) is 22.7. The molecule has 0 N–H and O–H groups in total. The molecule has 4 heterocycles. The highest BCUT2D eigenvalue weighted by molar-refractivity contribution is 5.93. The van der Waals surface area contributed by atoms with Gasteiger partial charge in [-0.3, -0.25) is 0 Å². The van der Waals surface area contributed by atoms with E-state index in [-0.39, 0.29) is 0 Å². The first-order chi connectivity index (χ1) is 54.5. The molecule has 0 atom stereocenters. The number of ether oxygens (including phenoxy) is 2. The molecule has 0 bridgehead atoms. The number of hydrogen-bond acceptors (Lipinski definition) is 8. The first kappa shape index (κ1) is 62.7. The van der Waals surface area contributed by atoms with Crippen molar-refractivity contribution in [2.45, 2.75) is 10.8 Å². The van der Waals surface area contributed by atoms with Crippen molar-refractivity contribution < 1.29 is 9.47 Å². The van der Waals surface area contributed by atoms with Crippen LogP contribution in [0, 0.1) is 0 Å². The van der Waals surface area contributed by atoms with Crippen LogP contribution in [0.4, 0.5) is 0 Å². The van der Waals surface area contributed by atoms with Crippen molar-refractivity contribution in [3.05, 3.63) is 421 Å². The second-order valence-corrected chi connectivity index (χ2v) is 28.7. The molecule has 0 radical (unpaired) electrons. The van der Waals surface area contributed by atoms with Crippen LogP contribution in [0.3, 0.4) is 0 Å². The molecule has 18 aromatic rings. The Hall–Kier alpha value is -14.6. The number of nitrogens with zero attached hydrogens (tertiary/aromatic N) is 6. The summed E-state index contributed by atoms with van der Waals surface area (Å²) >= 11 is 0. The lowest BCUT2D eigenvalue weighted by Crippen LogP contribution is -2.32. The van der Waals surface area contributed by atoms with E-state index in [0.717, 1.165) is 134 Å². The van der Waals surface area contributed by atoms with E-state index in [1.165, 1.54) is 44.5 Å². The standard InChI is InChI=1S/C102H62N6O2/c1-3-25-64(26-4-1)77-36-9-10-41-82(77)100-107-97(74-34-22-31-68(58-74)70-50-53-88-92(60-70)109-91-47-20-19-46-87(91)101(88)83-42-15-11-37-78(83)79-38-12-16-43-84(79)101)106-98(108-100)75-35-23-32-69(59-75)72-52-55-90-94(62-72)110-93-61-71(51-54-89(93)102(90)85-44-17-13-39-80(85)81-40-14-18-45-86(81)102)67-30-21-33-73(57-67)96-103-95(65-27-5-2-6-28-65)104-99(105-96)76-49-48-63-24-7-8-29-66(63)56-76/h1-62H. The molecule has 0 saturated heterocycles. The fraction of sp³-hybridized carbons (Fsp3) is 0.0196. The summed E-state index contributed by atoms with van der Waals surface area (Å²) in [5.41, 5.74) is 26.2. The van der Waals surface area contributed by atoms with Crippen LogP contribution in [0.25, 0.3) is 146 Å². The number of fused-ring (bicyclic) bond motifs is 19. The molecule has 0 unspecified atom stereocenters. The van der Waals surface area contributed by atoms with Crippen molar-refractivity contribution in [2.24, 2.45) is 0 Å². The summed E-state index contributed by atoms with van der Waals surface area (Å²) in [6.07, 6.45) is 0. The Labute approximate surface area is 635 Å². The topological polar surface area (TPSA) is 95.8 Å². The summed E-state index contributed by atoms with van der Waals surface area (Å²) in [5.74, 6) is 6.65. The molecule has 22 rings (SSSR count). The molecular formula is C102H62N6O2. The summed E-state index contributed by atoms with van der Waals surface area (Å²) in [7, 11) is 0. The van der Waals surface area contributed by atoms with Crippen molar-refractivity contribution >= 4 is 10.8 Å². The minimum absolute atomic E-state index is 0.541. The third-order valence-corrected chi connectivity index (χ3v) is 22.7. The quantitative estimate of drug-likeness (QED) is 0.134. The molecule has 2 aliphatic heterocycles. The van der Waals surface area contributed by atoms with Gasteiger partial charge in [-0.25, -0.2) is 29.9 Å². The van der Waals surface area contributed by atoms with E-state index in [2.05, 4.69) is 340 Å². The van der Waals surface area contributed by atoms with Gasteiger partial charge in [0.2, 0.25) is 0 Å². The van der Waals surface area contributed by atoms with Crippen molar-refractivity contribution in [3.8, 4) is 158 Å². The van der Waals surface area contributed by atoms with Gasteiger partial charge in [-0.15, -0.1) is 0 Å². The van der Waals surface area contributed by atoms with Gasteiger partial charge >= 0.3 is 0 Å². The zero-order chi connectivity index (χ0) is 72.4. The van der Waals surface area contributed by atoms with E-state index < -0.39 is 10.8 Å². The van der Waals surface area contributed by atoms with Gasteiger partial charge in [0.15, 0.2) is 34.9 Å². The highest BCUT2D eigenvalue weighted by Gasteiger charge is 2.53. The number of rotatable bonds is 10. The number of hydrogen-bond donors (Lipinski definition) is 0. The van der Waals surface area contributed by atoms with Crippen LogP contribution in [0.5, 0.6) is 23.0 Å². The van der Waals surface area contributed by atoms with E-state index in [9.17, 15) is 0 Å². The summed E-state index contributed by atoms with van der Waals surface area (Å²) in [4.78, 5) is 31.8. The lowest BCUT2D eigenvalue weighted by molar-refractivity contribution is 0.436. The Balaban J connectivity index is 0.651. The molecule has 0 fully saturated rings. The Morgan fingerprint density at radius 3 is 0.900 bits per heavy atom. The average Bonchev–Trinajstić information content (AvgIpc) is 1.50. The second kappa shape index (κ2) is 25.0. The van der Waals surface area contributed by atoms with Gasteiger partial charge in [0.05, 0.1) is 10.8 Å². The van der Waals surface area contributed by atoms with Crippen molar-refractivity contribution in [3.63, 3.8) is 0 Å². The third kappa shape index (κ3) is 9.86. The van der Waals surface area contributed by atoms with E-state index >= 15 is 0 Å². The predicted octanol–water partition coefficient (Wildman–Crippen LogP) is 24.8. The van der Waals surface area contributed by atoms with E-state index in [0.29, 0.717) is 34.9 Å². The number of aromatic nitrogens is 6. The van der Waals surface area contributed by atoms with Gasteiger partial charge in [0, 0.05) is 55.6 Å². The fourth-order valence-corrected chi connectivity index (χ4v) is 17.8. The van der Waals surface area contributed by atoms with E-state index in [4.69, 9.17) is 39.4 Å². The summed E-state index contributed by atoms with van der Waals surface area (Å²) in [6, 6.07) is 133. The lowest BCUT2D eigenvalue weighted by Gasteiger charge is -2.39. The van der Waals surface area contributed by atoms with Crippen LogP contribution in [-0.4, -0.2) is 29.9 Å². The van der Waals surface area contributed by atoms with Gasteiger partial charge in [-0.05, 0) is 148 Å². The minimum atomic E-state index is -0.710. The van der Waals surface area contributed by atoms with Gasteiger partial charge in [-0.2, -0.15) is 0 Å². The molecule has 8 nitrogen and oxygen atoms in total. The Bertz CT molecular complexity index is 6740. The normalized spacial score (nSPS) is 13.2. The maximum Gasteiger partial charge on any atom is 0.164 e. The molecule has 110 heavy (non-hydrogen) atoms. The lowest BCUT2D eigenvalue weighted by atomic mass is 9.65. The SMILES string of the molecule is c1ccc(-c2nc(-c3cccc(-c4ccc5c(c4)Oc4cc(-c6cccc(-c7nc(-c8cccc(-c9ccc%10c(c9)Oc9ccccc9C%109c%10ccccc%10-c%10ccccc%109)c8)nc(-c8ccccc8-c8ccccc8)n7)c6)ccc4C54c5ccccc5-c5ccccc54)c3)nc(-c3ccc4ccccc4c3)n2)cc1. The van der Waals surface area contributed by atoms with Crippen molar-refractivity contribution in [2.75, 3.05) is 0 Å². The highest BCUT2D eigenvalue weighted by Crippen LogP contribution is 2.65. The van der Waals surface area contributed by atoms with Crippen LogP contribution < -0.4 is 9.47 Å². The maximum atomic E-state index is 7.44. The fourth-order valence-electron chi connectivity index (χ4n) is 17.8.